The molecule has 0 aliphatic carbocycles. The Morgan fingerprint density at radius 3 is 2.59 bits per heavy atom. The smallest absolute Gasteiger partial charge is 0.213 e. The average Bonchev–Trinajstić information content (AvgIpc) is 2.74. The van der Waals surface area contributed by atoms with E-state index in [1.165, 1.54) is 6.20 Å². The van der Waals surface area contributed by atoms with Crippen molar-refractivity contribution < 1.29 is 19.4 Å². The highest BCUT2D eigenvalue weighted by Crippen LogP contribution is 2.31. The fraction of sp³-hybridized carbons (Fsp3) is 0.250. The summed E-state index contributed by atoms with van der Waals surface area (Å²) in [4.78, 5) is 14.9. The normalized spacial score (nSPS) is 10.6. The molecular formula is C24H25NO4. The van der Waals surface area contributed by atoms with Gasteiger partial charge < -0.3 is 14.6 Å². The molecule has 0 spiro atoms. The van der Waals surface area contributed by atoms with E-state index in [2.05, 4.69) is 31.0 Å². The number of aryl methyl sites for hydroxylation is 1. The number of ether oxygens (including phenoxy) is 2. The van der Waals surface area contributed by atoms with Gasteiger partial charge in [0, 0.05) is 30.9 Å². The lowest BCUT2D eigenvalue weighted by molar-refractivity contribution is 0.112. The summed E-state index contributed by atoms with van der Waals surface area (Å²) < 4.78 is 11.5. The van der Waals surface area contributed by atoms with Gasteiger partial charge in [-0.25, -0.2) is 4.98 Å². The Labute approximate surface area is 171 Å². The predicted molar refractivity (Wildman–Crippen MR) is 113 cm³/mol. The Hall–Kier alpha value is -3.18. The van der Waals surface area contributed by atoms with Gasteiger partial charge in [0.05, 0.1) is 6.61 Å². The van der Waals surface area contributed by atoms with Gasteiger partial charge in [-0.05, 0) is 59.9 Å². The summed E-state index contributed by atoms with van der Waals surface area (Å²) in [7, 11) is 0. The van der Waals surface area contributed by atoms with Crippen molar-refractivity contribution >= 4 is 6.29 Å². The van der Waals surface area contributed by atoms with E-state index >= 15 is 0 Å². The topological polar surface area (TPSA) is 68.7 Å². The monoisotopic (exact) mass is 391 g/mol. The van der Waals surface area contributed by atoms with Crippen molar-refractivity contribution in [1.29, 1.82) is 0 Å². The Bertz CT molecular complexity index is 967. The molecule has 5 heteroatoms. The van der Waals surface area contributed by atoms with E-state index in [1.807, 2.05) is 24.3 Å². The molecule has 150 valence electrons. The van der Waals surface area contributed by atoms with Crippen molar-refractivity contribution in [1.82, 2.24) is 4.98 Å². The number of aromatic nitrogens is 1. The third-order valence-electron chi connectivity index (χ3n) is 4.78. The maximum absolute atomic E-state index is 10.7. The van der Waals surface area contributed by atoms with Crippen LogP contribution in [0.2, 0.25) is 0 Å². The van der Waals surface area contributed by atoms with E-state index in [1.54, 1.807) is 12.1 Å². The van der Waals surface area contributed by atoms with Crippen LogP contribution in [0.5, 0.6) is 11.6 Å². The minimum Gasteiger partial charge on any atom is -0.493 e. The van der Waals surface area contributed by atoms with Gasteiger partial charge in [0.2, 0.25) is 5.88 Å². The minimum atomic E-state index is 0.127. The van der Waals surface area contributed by atoms with Crippen LogP contribution in [0.1, 0.15) is 33.5 Å². The lowest BCUT2D eigenvalue weighted by Gasteiger charge is -2.15. The van der Waals surface area contributed by atoms with Crippen molar-refractivity contribution in [2.75, 3.05) is 13.2 Å². The van der Waals surface area contributed by atoms with Crippen LogP contribution in [0, 0.1) is 13.8 Å². The molecule has 0 aliphatic rings. The molecule has 29 heavy (non-hydrogen) atoms. The summed E-state index contributed by atoms with van der Waals surface area (Å²) in [6, 6.07) is 15.6. The highest BCUT2D eigenvalue weighted by Gasteiger charge is 2.10. The summed E-state index contributed by atoms with van der Waals surface area (Å²) >= 11 is 0. The summed E-state index contributed by atoms with van der Waals surface area (Å²) in [5.41, 5.74) is 6.16. The molecule has 1 aromatic heterocycles. The molecule has 0 aliphatic heterocycles. The van der Waals surface area contributed by atoms with Gasteiger partial charge in [0.25, 0.3) is 0 Å². The molecule has 0 fully saturated rings. The molecule has 1 N–H and O–H groups in total. The molecular weight excluding hydrogens is 366 g/mol. The number of aldehydes is 1. The second kappa shape index (κ2) is 9.85. The molecule has 0 atom stereocenters. The van der Waals surface area contributed by atoms with Crippen molar-refractivity contribution in [3.8, 4) is 22.8 Å². The molecule has 0 bridgehead atoms. The number of pyridine rings is 1. The molecule has 3 rings (SSSR count). The van der Waals surface area contributed by atoms with Gasteiger partial charge in [-0.3, -0.25) is 4.79 Å². The fourth-order valence-electron chi connectivity index (χ4n) is 3.11. The van der Waals surface area contributed by atoms with Gasteiger partial charge in [-0.15, -0.1) is 0 Å². The SMILES string of the molecule is Cc1cc(OCCCO)ccc1-c1cccc(COc2ccc(C=O)cn2)c1C. The number of nitrogens with zero attached hydrogens (tertiary/aromatic N) is 1. The molecule has 3 aromatic rings. The Kier molecular flexibility index (Phi) is 6.98. The van der Waals surface area contributed by atoms with Crippen molar-refractivity contribution in [3.63, 3.8) is 0 Å². The third kappa shape index (κ3) is 5.21. The summed E-state index contributed by atoms with van der Waals surface area (Å²) in [5.74, 6) is 1.29. The van der Waals surface area contributed by atoms with Gasteiger partial charge >= 0.3 is 0 Å². The Balaban J connectivity index is 1.76. The van der Waals surface area contributed by atoms with Crippen LogP contribution < -0.4 is 9.47 Å². The molecule has 0 unspecified atom stereocenters. The zero-order valence-corrected chi connectivity index (χ0v) is 16.7. The minimum absolute atomic E-state index is 0.127. The maximum Gasteiger partial charge on any atom is 0.213 e. The van der Waals surface area contributed by atoms with E-state index in [-0.39, 0.29) is 6.61 Å². The van der Waals surface area contributed by atoms with E-state index in [0.717, 1.165) is 39.9 Å². The molecule has 0 amide bonds. The van der Waals surface area contributed by atoms with Crippen molar-refractivity contribution in [2.24, 2.45) is 0 Å². The summed E-state index contributed by atoms with van der Waals surface area (Å²) in [6.07, 6.45) is 2.88. The van der Waals surface area contributed by atoms with E-state index in [9.17, 15) is 4.79 Å². The number of carbonyl (C=O) groups excluding carboxylic acids is 1. The number of hydrogen-bond donors (Lipinski definition) is 1. The van der Waals surface area contributed by atoms with E-state index in [4.69, 9.17) is 14.6 Å². The average molecular weight is 391 g/mol. The second-order valence-corrected chi connectivity index (χ2v) is 6.83. The first-order valence-corrected chi connectivity index (χ1v) is 9.59. The number of carbonyl (C=O) groups is 1. The Morgan fingerprint density at radius 1 is 1.03 bits per heavy atom. The number of rotatable bonds is 9. The highest BCUT2D eigenvalue weighted by molar-refractivity contribution is 5.74. The summed E-state index contributed by atoms with van der Waals surface area (Å²) in [6.45, 7) is 5.18. The van der Waals surface area contributed by atoms with Gasteiger partial charge in [0.15, 0.2) is 6.29 Å². The van der Waals surface area contributed by atoms with Crippen LogP contribution in [0.4, 0.5) is 0 Å². The first-order chi connectivity index (χ1) is 14.1. The van der Waals surface area contributed by atoms with Crippen LogP contribution in [-0.4, -0.2) is 29.6 Å². The molecule has 2 aromatic carbocycles. The van der Waals surface area contributed by atoms with Crippen LogP contribution in [-0.2, 0) is 6.61 Å². The predicted octanol–water partition coefficient (Wildman–Crippen LogP) is 4.52. The number of benzene rings is 2. The number of hydrogen-bond acceptors (Lipinski definition) is 5. The largest absolute Gasteiger partial charge is 0.493 e. The number of aliphatic hydroxyl groups is 1. The Morgan fingerprint density at radius 2 is 1.90 bits per heavy atom. The highest BCUT2D eigenvalue weighted by atomic mass is 16.5. The lowest BCUT2D eigenvalue weighted by atomic mass is 9.94. The van der Waals surface area contributed by atoms with Gasteiger partial charge in [-0.2, -0.15) is 0 Å². The molecule has 1 heterocycles. The van der Waals surface area contributed by atoms with E-state index < -0.39 is 0 Å². The number of aliphatic hydroxyl groups excluding tert-OH is 1. The second-order valence-electron chi connectivity index (χ2n) is 6.83. The lowest BCUT2D eigenvalue weighted by Crippen LogP contribution is -2.02. The van der Waals surface area contributed by atoms with Gasteiger partial charge in [-0.1, -0.05) is 24.3 Å². The maximum atomic E-state index is 10.7. The zero-order chi connectivity index (χ0) is 20.6. The van der Waals surface area contributed by atoms with Crippen LogP contribution in [0.25, 0.3) is 11.1 Å². The van der Waals surface area contributed by atoms with Crippen LogP contribution in [0.3, 0.4) is 0 Å². The van der Waals surface area contributed by atoms with Crippen LogP contribution >= 0.6 is 0 Å². The molecule has 0 radical (unpaired) electrons. The summed E-state index contributed by atoms with van der Waals surface area (Å²) in [5, 5.41) is 8.88. The first kappa shape index (κ1) is 20.6. The van der Waals surface area contributed by atoms with Crippen molar-refractivity contribution in [3.05, 3.63) is 77.0 Å². The standard InChI is InChI=1S/C24H25NO4/c1-17-13-21(28-12-4-11-26)8-9-22(17)23-6-3-5-20(18(23)2)16-29-24-10-7-19(15-27)14-25-24/h3,5-10,13-15,26H,4,11-12,16H2,1-2H3. The fourth-order valence-corrected chi connectivity index (χ4v) is 3.11. The molecule has 0 saturated heterocycles. The van der Waals surface area contributed by atoms with E-state index in [0.29, 0.717) is 31.1 Å². The van der Waals surface area contributed by atoms with Crippen molar-refractivity contribution in [2.45, 2.75) is 26.9 Å². The van der Waals surface area contributed by atoms with Crippen LogP contribution in [0.15, 0.2) is 54.7 Å². The molecule has 5 nitrogen and oxygen atoms in total. The van der Waals surface area contributed by atoms with Gasteiger partial charge in [0.1, 0.15) is 12.4 Å². The quantitative estimate of drug-likeness (QED) is 0.429. The third-order valence-corrected chi connectivity index (χ3v) is 4.78. The first-order valence-electron chi connectivity index (χ1n) is 9.59. The molecule has 0 saturated carbocycles. The zero-order valence-electron chi connectivity index (χ0n) is 16.7.